The minimum absolute atomic E-state index is 0.00704. The summed E-state index contributed by atoms with van der Waals surface area (Å²) in [6.07, 6.45) is 5.83. The maximum Gasteiger partial charge on any atom is 0.329 e. The monoisotopic (exact) mass is 776 g/mol. The van der Waals surface area contributed by atoms with Crippen LogP contribution in [0.3, 0.4) is 0 Å². The molecule has 0 atom stereocenters. The Labute approximate surface area is 355 Å². The number of anilines is 2. The fraction of sp³-hybridized carbons (Fsp3) is 0.263. The first kappa shape index (κ1) is 36.1. The van der Waals surface area contributed by atoms with Crippen molar-refractivity contribution >= 4 is 62.0 Å². The first-order chi connectivity index (χ1) is 29.0. The van der Waals surface area contributed by atoms with Crippen LogP contribution in [-0.2, 0) is 22.7 Å². The molecule has 4 aliphatic rings. The van der Waals surface area contributed by atoms with Crippen LogP contribution in [0.25, 0.3) is 60.5 Å². The Morgan fingerprint density at radius 1 is 0.583 bits per heavy atom. The molecule has 60 heavy (non-hydrogen) atoms. The Balaban J connectivity index is 1.28. The average molecular weight is 777 g/mol. The van der Waals surface area contributed by atoms with Crippen molar-refractivity contribution in [1.82, 2.24) is 4.48 Å². The van der Waals surface area contributed by atoms with E-state index >= 15 is 0 Å². The number of benzene rings is 7. The fourth-order valence-corrected chi connectivity index (χ4v) is 12.2. The fourth-order valence-electron chi connectivity index (χ4n) is 12.2. The van der Waals surface area contributed by atoms with Gasteiger partial charge < -0.3 is 9.38 Å². The number of rotatable bonds is 5. The topological polar surface area (TPSA) is 8.17 Å². The Hall–Kier alpha value is -5.80. The molecule has 2 aliphatic heterocycles. The van der Waals surface area contributed by atoms with Gasteiger partial charge in [0.15, 0.2) is 0 Å². The summed E-state index contributed by atoms with van der Waals surface area (Å²) in [4.78, 5) is 2.75. The lowest BCUT2D eigenvalue weighted by Gasteiger charge is -2.43. The van der Waals surface area contributed by atoms with Gasteiger partial charge >= 0.3 is 6.85 Å². The van der Waals surface area contributed by atoms with Gasteiger partial charge in [-0.3, -0.25) is 0 Å². The molecule has 0 saturated heterocycles. The van der Waals surface area contributed by atoms with E-state index in [1.165, 1.54) is 136 Å². The summed E-state index contributed by atoms with van der Waals surface area (Å²) in [5, 5.41) is 5.29. The second-order valence-corrected chi connectivity index (χ2v) is 20.2. The molecule has 0 saturated carbocycles. The van der Waals surface area contributed by atoms with Crippen LogP contribution in [0.2, 0.25) is 0 Å². The van der Waals surface area contributed by atoms with Gasteiger partial charge in [-0.15, -0.1) is 0 Å². The van der Waals surface area contributed by atoms with E-state index in [1.54, 1.807) is 0 Å². The molecule has 7 aromatic carbocycles. The predicted octanol–water partition coefficient (Wildman–Crippen LogP) is 14.4. The number of hydrogen-bond donors (Lipinski definition) is 0. The molecule has 2 nitrogen and oxygen atoms in total. The Kier molecular flexibility index (Phi) is 7.45. The molecule has 0 unspecified atom stereocenters. The van der Waals surface area contributed by atoms with Gasteiger partial charge in [-0.05, 0) is 122 Å². The van der Waals surface area contributed by atoms with Crippen molar-refractivity contribution in [3.63, 3.8) is 0 Å². The molecule has 0 bridgehead atoms. The average Bonchev–Trinajstić information content (AvgIpc) is 3.71. The number of aryl methyl sites for hydroxylation is 1. The van der Waals surface area contributed by atoms with Gasteiger partial charge in [0, 0.05) is 55.3 Å². The number of para-hydroxylation sites is 2. The predicted molar refractivity (Wildman–Crippen MR) is 257 cm³/mol. The van der Waals surface area contributed by atoms with Crippen LogP contribution in [-0.4, -0.2) is 11.3 Å². The molecular weight excluding hydrogens is 723 g/mol. The number of nitrogens with zero attached hydrogens (tertiary/aromatic N) is 2. The highest BCUT2D eigenvalue weighted by molar-refractivity contribution is 6.86. The second-order valence-electron chi connectivity index (χ2n) is 20.2. The van der Waals surface area contributed by atoms with Crippen molar-refractivity contribution in [1.29, 1.82) is 0 Å². The van der Waals surface area contributed by atoms with Crippen LogP contribution in [0.5, 0.6) is 0 Å². The van der Waals surface area contributed by atoms with E-state index in [-0.39, 0.29) is 23.1 Å². The molecule has 3 heteroatoms. The van der Waals surface area contributed by atoms with Gasteiger partial charge in [-0.1, -0.05) is 158 Å². The standard InChI is InChI=1S/C57H53BN2/c1-8-9-18-35-27-28-47(42(31-35)36-19-11-10-12-20-36)59-49-32-37-21-13-14-22-38(37)50-41-25-17-24-40-39-23-15-16-26-48(39)60(52(40)41)58(51(49)50)54-53(59)43-33-45-46(34-44(43)57(54,6)7)56(4,5)30-29-55(45,2)3/h10-17,19-28,31-34H,8-9,18,29-30H2,1-7H3. The zero-order valence-corrected chi connectivity index (χ0v) is 36.2. The lowest BCUT2D eigenvalue weighted by Crippen LogP contribution is -2.52. The number of unbranched alkanes of at least 4 members (excludes halogenated alkanes) is 1. The van der Waals surface area contributed by atoms with E-state index in [2.05, 4.69) is 191 Å². The van der Waals surface area contributed by atoms with E-state index < -0.39 is 0 Å². The number of aromatic nitrogens is 1. The summed E-state index contributed by atoms with van der Waals surface area (Å²) < 4.78 is 2.76. The minimum atomic E-state index is -0.265. The summed E-state index contributed by atoms with van der Waals surface area (Å²) in [5.41, 5.74) is 22.1. The largest absolute Gasteiger partial charge is 0.376 e. The molecule has 0 spiro atoms. The third-order valence-electron chi connectivity index (χ3n) is 15.4. The molecule has 294 valence electrons. The molecule has 0 N–H and O–H groups in total. The highest BCUT2D eigenvalue weighted by Crippen LogP contribution is 2.60. The van der Waals surface area contributed by atoms with Crippen LogP contribution in [0.4, 0.5) is 11.4 Å². The van der Waals surface area contributed by atoms with Crippen molar-refractivity contribution in [2.45, 2.75) is 96.8 Å². The van der Waals surface area contributed by atoms with E-state index in [9.17, 15) is 0 Å². The molecule has 0 fully saturated rings. The molecular formula is C57H53BN2. The van der Waals surface area contributed by atoms with Crippen molar-refractivity contribution in [2.75, 3.05) is 4.90 Å². The van der Waals surface area contributed by atoms with Crippen molar-refractivity contribution in [3.8, 4) is 22.3 Å². The number of fused-ring (bicyclic) bond motifs is 11. The van der Waals surface area contributed by atoms with Crippen LogP contribution in [0.1, 0.15) is 102 Å². The zero-order valence-electron chi connectivity index (χ0n) is 36.2. The maximum atomic E-state index is 2.76. The summed E-state index contributed by atoms with van der Waals surface area (Å²) >= 11 is 0. The molecule has 12 rings (SSSR count). The van der Waals surface area contributed by atoms with Crippen molar-refractivity contribution < 1.29 is 0 Å². The van der Waals surface area contributed by atoms with Crippen LogP contribution < -0.4 is 10.4 Å². The van der Waals surface area contributed by atoms with Gasteiger partial charge in [-0.2, -0.15) is 0 Å². The quantitative estimate of drug-likeness (QED) is 0.158. The first-order valence-corrected chi connectivity index (χ1v) is 22.5. The summed E-state index contributed by atoms with van der Waals surface area (Å²) in [6.45, 7) is 17.3. The number of hydrogen-bond acceptors (Lipinski definition) is 1. The highest BCUT2D eigenvalue weighted by atomic mass is 15.2. The van der Waals surface area contributed by atoms with Crippen LogP contribution in [0.15, 0.2) is 139 Å². The third kappa shape index (κ3) is 4.72. The third-order valence-corrected chi connectivity index (χ3v) is 15.4. The molecule has 1 aromatic heterocycles. The smallest absolute Gasteiger partial charge is 0.329 e. The van der Waals surface area contributed by atoms with Crippen LogP contribution in [0, 0.1) is 0 Å². The molecule has 3 heterocycles. The van der Waals surface area contributed by atoms with Gasteiger partial charge in [0.05, 0.1) is 5.69 Å². The summed E-state index contributed by atoms with van der Waals surface area (Å²) in [5.74, 6) is 0. The first-order valence-electron chi connectivity index (χ1n) is 22.5. The van der Waals surface area contributed by atoms with Gasteiger partial charge in [0.1, 0.15) is 0 Å². The molecule has 0 amide bonds. The SMILES string of the molecule is CCCCc1ccc(N2C3=C(B4c5c2cc2ccccc2c5-c2cccc5c6ccccc6n4c25)C(C)(C)c2cc4c(cc23)C(C)(C)CCC4(C)C)c(-c2ccccc2)c1. The zero-order chi connectivity index (χ0) is 40.9. The van der Waals surface area contributed by atoms with E-state index in [1.807, 2.05) is 0 Å². The molecule has 2 aliphatic carbocycles. The molecule has 8 aromatic rings. The lowest BCUT2D eigenvalue weighted by atomic mass is 9.40. The Morgan fingerprint density at radius 2 is 1.28 bits per heavy atom. The van der Waals surface area contributed by atoms with E-state index in [4.69, 9.17) is 0 Å². The van der Waals surface area contributed by atoms with E-state index in [0.717, 1.165) is 6.42 Å². The van der Waals surface area contributed by atoms with Gasteiger partial charge in [0.25, 0.3) is 0 Å². The summed E-state index contributed by atoms with van der Waals surface area (Å²) in [6, 6.07) is 51.9. The highest BCUT2D eigenvalue weighted by Gasteiger charge is 2.54. The lowest BCUT2D eigenvalue weighted by molar-refractivity contribution is 0.331. The van der Waals surface area contributed by atoms with Gasteiger partial charge in [-0.25, -0.2) is 0 Å². The number of allylic oxidation sites excluding steroid dienone is 1. The Bertz CT molecular complexity index is 3170. The minimum Gasteiger partial charge on any atom is -0.376 e. The normalized spacial score (nSPS) is 17.6. The van der Waals surface area contributed by atoms with Crippen molar-refractivity contribution in [3.05, 3.63) is 167 Å². The van der Waals surface area contributed by atoms with Crippen LogP contribution >= 0.6 is 0 Å². The van der Waals surface area contributed by atoms with Gasteiger partial charge in [0.2, 0.25) is 0 Å². The molecule has 0 radical (unpaired) electrons. The van der Waals surface area contributed by atoms with E-state index in [0.29, 0.717) is 0 Å². The second kappa shape index (κ2) is 12.4. The summed E-state index contributed by atoms with van der Waals surface area (Å²) in [7, 11) is 0. The Morgan fingerprint density at radius 3 is 2.07 bits per heavy atom. The maximum absolute atomic E-state index is 2.76. The van der Waals surface area contributed by atoms with Crippen molar-refractivity contribution in [2.24, 2.45) is 0 Å².